The van der Waals surface area contributed by atoms with Gasteiger partial charge in [-0.15, -0.1) is 11.3 Å². The maximum Gasteiger partial charge on any atom is 0.390 e. The Kier molecular flexibility index (Phi) is 5.52. The van der Waals surface area contributed by atoms with Crippen LogP contribution in [0.4, 0.5) is 13.2 Å². The van der Waals surface area contributed by atoms with Crippen molar-refractivity contribution in [3.63, 3.8) is 0 Å². The molecule has 0 spiro atoms. The molecule has 0 saturated carbocycles. The number of aliphatic hydroxyl groups is 1. The van der Waals surface area contributed by atoms with E-state index in [9.17, 15) is 26.7 Å². The van der Waals surface area contributed by atoms with Gasteiger partial charge in [0.2, 0.25) is 10.0 Å². The van der Waals surface area contributed by atoms with Crippen LogP contribution < -0.4 is 4.72 Å². The zero-order valence-corrected chi connectivity index (χ0v) is 14.2. The molecule has 128 valence electrons. The number of sulfonamides is 1. The van der Waals surface area contributed by atoms with Crippen molar-refractivity contribution in [2.45, 2.75) is 18.2 Å². The number of halogens is 3. The van der Waals surface area contributed by atoms with Crippen LogP contribution in [-0.4, -0.2) is 32.0 Å². The molecule has 2 N–H and O–H groups in total. The summed E-state index contributed by atoms with van der Waals surface area (Å²) in [5, 5.41) is 16.0. The van der Waals surface area contributed by atoms with Gasteiger partial charge < -0.3 is 5.11 Å². The molecule has 0 bridgehead atoms. The van der Waals surface area contributed by atoms with Crippen molar-refractivity contribution in [2.24, 2.45) is 0 Å². The molecule has 0 aromatic carbocycles. The summed E-state index contributed by atoms with van der Waals surface area (Å²) in [5.74, 6) is -1.07. The molecule has 0 amide bonds. The van der Waals surface area contributed by atoms with Crippen molar-refractivity contribution in [3.8, 4) is 0 Å². The number of nitrogens with one attached hydrogen (secondary N) is 1. The highest BCUT2D eigenvalue weighted by molar-refractivity contribution is 7.89. The highest BCUT2D eigenvalue weighted by atomic mass is 32.2. The van der Waals surface area contributed by atoms with Crippen LogP contribution in [0.5, 0.6) is 0 Å². The summed E-state index contributed by atoms with van der Waals surface area (Å²) >= 11 is 2.57. The van der Waals surface area contributed by atoms with Crippen molar-refractivity contribution in [1.82, 2.24) is 4.72 Å². The molecule has 2 aromatic rings. The van der Waals surface area contributed by atoms with Gasteiger partial charge in [0.15, 0.2) is 0 Å². The second kappa shape index (κ2) is 6.89. The minimum absolute atomic E-state index is 0.426. The lowest BCUT2D eigenvalue weighted by Gasteiger charge is -2.27. The summed E-state index contributed by atoms with van der Waals surface area (Å²) < 4.78 is 62.1. The van der Waals surface area contributed by atoms with E-state index in [-0.39, 0.29) is 0 Å². The van der Waals surface area contributed by atoms with E-state index < -0.39 is 40.5 Å². The Balaban J connectivity index is 2.14. The van der Waals surface area contributed by atoms with E-state index in [0.29, 0.717) is 10.4 Å². The first kappa shape index (κ1) is 18.4. The normalized spacial score (nSPS) is 15.5. The van der Waals surface area contributed by atoms with Crippen molar-refractivity contribution in [2.75, 3.05) is 12.3 Å². The van der Waals surface area contributed by atoms with Crippen molar-refractivity contribution in [3.05, 3.63) is 44.8 Å². The van der Waals surface area contributed by atoms with Gasteiger partial charge in [0, 0.05) is 17.0 Å². The maximum absolute atomic E-state index is 12.2. The Hall–Kier alpha value is -0.940. The third-order valence-corrected chi connectivity index (χ3v) is 6.16. The average Bonchev–Trinajstić information content (AvgIpc) is 3.14. The predicted molar refractivity (Wildman–Crippen MR) is 84.1 cm³/mol. The zero-order valence-electron chi connectivity index (χ0n) is 11.7. The minimum atomic E-state index is -4.55. The molecule has 0 aliphatic heterocycles. The highest BCUT2D eigenvalue weighted by Gasteiger charge is 2.35. The fourth-order valence-electron chi connectivity index (χ4n) is 1.88. The Bertz CT molecular complexity index is 675. The minimum Gasteiger partial charge on any atom is -0.378 e. The first-order chi connectivity index (χ1) is 10.6. The predicted octanol–water partition coefficient (Wildman–Crippen LogP) is 2.92. The fraction of sp³-hybridized carbons (Fsp3) is 0.385. The molecular formula is C13H14F3NO3S3. The second-order valence-electron chi connectivity index (χ2n) is 4.85. The molecule has 2 aromatic heterocycles. The lowest BCUT2D eigenvalue weighted by Crippen LogP contribution is -2.42. The van der Waals surface area contributed by atoms with Gasteiger partial charge in [-0.1, -0.05) is 6.07 Å². The molecule has 2 heterocycles. The monoisotopic (exact) mass is 385 g/mol. The summed E-state index contributed by atoms with van der Waals surface area (Å²) in [6.07, 6.45) is -5.98. The van der Waals surface area contributed by atoms with Gasteiger partial charge in [-0.2, -0.15) is 24.5 Å². The summed E-state index contributed by atoms with van der Waals surface area (Å²) in [5.41, 5.74) is -1.12. The Labute approximate surface area is 139 Å². The number of hydrogen-bond acceptors (Lipinski definition) is 5. The van der Waals surface area contributed by atoms with Gasteiger partial charge >= 0.3 is 6.18 Å². The van der Waals surface area contributed by atoms with E-state index in [0.717, 1.165) is 0 Å². The molecule has 2 rings (SSSR count). The Morgan fingerprint density at radius 3 is 2.48 bits per heavy atom. The summed E-state index contributed by atoms with van der Waals surface area (Å²) in [6, 6.07) is 5.00. The summed E-state index contributed by atoms with van der Waals surface area (Å²) in [6.45, 7) is -0.426. The molecule has 0 fully saturated rings. The van der Waals surface area contributed by atoms with Gasteiger partial charge in [-0.05, 0) is 28.3 Å². The summed E-state index contributed by atoms with van der Waals surface area (Å²) in [4.78, 5) is 0.509. The standard InChI is InChI=1S/C13H14F3NO3S3/c14-13(15,16)4-7-23(19,20)17-9-12(18,10-3-6-21-8-10)11-2-1-5-22-11/h1-3,5-6,8,17-18H,4,7,9H2/t12-/m0/s1. The van der Waals surface area contributed by atoms with Gasteiger partial charge in [0.25, 0.3) is 0 Å². The SMILES string of the molecule is O=S(=O)(CCC(F)(F)F)NC[C@](O)(c1ccsc1)c1cccs1. The molecule has 0 radical (unpaired) electrons. The second-order valence-corrected chi connectivity index (χ2v) is 8.51. The van der Waals surface area contributed by atoms with Gasteiger partial charge in [-0.3, -0.25) is 0 Å². The van der Waals surface area contributed by atoms with Crippen molar-refractivity contribution >= 4 is 32.7 Å². The van der Waals surface area contributed by atoms with Crippen LogP contribution in [0, 0.1) is 0 Å². The topological polar surface area (TPSA) is 66.4 Å². The molecule has 0 saturated heterocycles. The molecule has 0 aliphatic carbocycles. The maximum atomic E-state index is 12.2. The molecule has 4 nitrogen and oxygen atoms in total. The molecule has 0 aliphatic rings. The largest absolute Gasteiger partial charge is 0.390 e. The number of rotatable bonds is 7. The molecule has 23 heavy (non-hydrogen) atoms. The number of alkyl halides is 3. The fourth-order valence-corrected chi connectivity index (χ4v) is 4.52. The van der Waals surface area contributed by atoms with Gasteiger partial charge in [0.1, 0.15) is 5.60 Å². The van der Waals surface area contributed by atoms with Crippen LogP contribution in [-0.2, 0) is 15.6 Å². The van der Waals surface area contributed by atoms with E-state index in [2.05, 4.69) is 4.72 Å². The van der Waals surface area contributed by atoms with E-state index in [4.69, 9.17) is 0 Å². The van der Waals surface area contributed by atoms with Crippen LogP contribution in [0.3, 0.4) is 0 Å². The van der Waals surface area contributed by atoms with E-state index in [1.54, 1.807) is 34.3 Å². The molecular weight excluding hydrogens is 371 g/mol. The highest BCUT2D eigenvalue weighted by Crippen LogP contribution is 2.33. The van der Waals surface area contributed by atoms with Crippen LogP contribution in [0.2, 0.25) is 0 Å². The Morgan fingerprint density at radius 2 is 1.96 bits per heavy atom. The van der Waals surface area contributed by atoms with E-state index in [1.165, 1.54) is 22.7 Å². The zero-order chi connectivity index (χ0) is 17.1. The van der Waals surface area contributed by atoms with Gasteiger partial charge in [0.05, 0.1) is 12.2 Å². The smallest absolute Gasteiger partial charge is 0.378 e. The Morgan fingerprint density at radius 1 is 1.22 bits per heavy atom. The molecule has 1 atom stereocenters. The summed E-state index contributed by atoms with van der Waals surface area (Å²) in [7, 11) is -4.15. The average molecular weight is 385 g/mol. The quantitative estimate of drug-likeness (QED) is 0.770. The van der Waals surface area contributed by atoms with Crippen LogP contribution in [0.1, 0.15) is 16.9 Å². The number of hydrogen-bond donors (Lipinski definition) is 2. The molecule has 0 unspecified atom stereocenters. The third-order valence-electron chi connectivity index (χ3n) is 3.13. The lowest BCUT2D eigenvalue weighted by molar-refractivity contribution is -0.129. The van der Waals surface area contributed by atoms with Crippen molar-refractivity contribution < 1.29 is 26.7 Å². The lowest BCUT2D eigenvalue weighted by atomic mass is 9.95. The van der Waals surface area contributed by atoms with Crippen LogP contribution >= 0.6 is 22.7 Å². The van der Waals surface area contributed by atoms with Crippen LogP contribution in [0.15, 0.2) is 34.3 Å². The van der Waals surface area contributed by atoms with Gasteiger partial charge in [-0.25, -0.2) is 13.1 Å². The third kappa shape index (κ3) is 5.01. The van der Waals surface area contributed by atoms with E-state index in [1.807, 2.05) is 0 Å². The van der Waals surface area contributed by atoms with Crippen molar-refractivity contribution in [1.29, 1.82) is 0 Å². The molecule has 10 heteroatoms. The van der Waals surface area contributed by atoms with E-state index >= 15 is 0 Å². The first-order valence-electron chi connectivity index (χ1n) is 6.45. The number of thiophene rings is 2. The first-order valence-corrected chi connectivity index (χ1v) is 9.93. The van der Waals surface area contributed by atoms with Crippen LogP contribution in [0.25, 0.3) is 0 Å².